The van der Waals surface area contributed by atoms with Crippen molar-refractivity contribution in [1.29, 1.82) is 0 Å². The summed E-state index contributed by atoms with van der Waals surface area (Å²) in [5, 5.41) is 5.30. The third-order valence-electron chi connectivity index (χ3n) is 8.49. The Morgan fingerprint density at radius 3 is 2.41 bits per heavy atom. The molecule has 2 aliphatic rings. The number of fused-ring (bicyclic) bond motifs is 2. The van der Waals surface area contributed by atoms with Crippen LogP contribution in [0.1, 0.15) is 31.7 Å². The molecule has 1 aliphatic heterocycles. The molecule has 0 bridgehead atoms. The van der Waals surface area contributed by atoms with Gasteiger partial charge >= 0.3 is 0 Å². The average molecular weight is 539 g/mol. The van der Waals surface area contributed by atoms with Gasteiger partial charge in [-0.05, 0) is 62.6 Å². The Kier molecular flexibility index (Phi) is 6.42. The van der Waals surface area contributed by atoms with Gasteiger partial charge in [-0.15, -0.1) is 0 Å². The standard InChI is InChI=1S/C30H34N8S/c1-36-14-16-37(17-15-36)22-10-12-23(13-11-22)38-18-24(27-28(31)32-19-33-29(27)38)20-6-8-21(9-7-20)34-30-35-25-4-2-3-5-26(25)39-30/h2-9,18-19,22-23H,10-17H2,1H3,(H,34,35)(H2,31,32,33). The third kappa shape index (κ3) is 4.75. The molecule has 0 spiro atoms. The molecule has 3 N–H and O–H groups in total. The van der Waals surface area contributed by atoms with Gasteiger partial charge in [0.1, 0.15) is 17.8 Å². The number of hydrogen-bond donors (Lipinski definition) is 2. The summed E-state index contributed by atoms with van der Waals surface area (Å²) >= 11 is 1.66. The number of nitrogens with zero attached hydrogens (tertiary/aromatic N) is 6. The Labute approximate surface area is 232 Å². The van der Waals surface area contributed by atoms with Crippen LogP contribution in [0.15, 0.2) is 61.1 Å². The molecule has 9 heteroatoms. The molecule has 0 radical (unpaired) electrons. The third-order valence-corrected chi connectivity index (χ3v) is 9.45. The molecule has 8 nitrogen and oxygen atoms in total. The van der Waals surface area contributed by atoms with E-state index in [9.17, 15) is 0 Å². The minimum Gasteiger partial charge on any atom is -0.383 e. The van der Waals surface area contributed by atoms with Crippen LogP contribution in [0.4, 0.5) is 16.6 Å². The summed E-state index contributed by atoms with van der Waals surface area (Å²) < 4.78 is 3.55. The zero-order chi connectivity index (χ0) is 26.3. The fourth-order valence-electron chi connectivity index (χ4n) is 6.28. The molecular formula is C30H34N8S. The molecule has 1 aliphatic carbocycles. The second kappa shape index (κ2) is 10.2. The van der Waals surface area contributed by atoms with E-state index in [1.165, 1.54) is 43.7 Å². The Hall–Kier alpha value is -3.53. The first-order valence-electron chi connectivity index (χ1n) is 13.9. The number of nitrogens with two attached hydrogens (primary N) is 1. The van der Waals surface area contributed by atoms with Crippen LogP contribution >= 0.6 is 11.3 Å². The van der Waals surface area contributed by atoms with Gasteiger partial charge in [-0.2, -0.15) is 0 Å². The van der Waals surface area contributed by atoms with Crippen molar-refractivity contribution < 1.29 is 0 Å². The van der Waals surface area contributed by atoms with Crippen molar-refractivity contribution in [3.8, 4) is 11.1 Å². The number of rotatable bonds is 5. The van der Waals surface area contributed by atoms with Crippen molar-refractivity contribution >= 4 is 49.2 Å². The molecular weight excluding hydrogens is 504 g/mol. The molecule has 1 saturated carbocycles. The van der Waals surface area contributed by atoms with Gasteiger partial charge in [-0.1, -0.05) is 35.6 Å². The minimum atomic E-state index is 0.430. The van der Waals surface area contributed by atoms with Crippen molar-refractivity contribution in [2.45, 2.75) is 37.8 Å². The predicted molar refractivity (Wildman–Crippen MR) is 161 cm³/mol. The highest BCUT2D eigenvalue weighted by atomic mass is 32.1. The number of para-hydroxylation sites is 1. The molecule has 1 saturated heterocycles. The molecule has 3 aromatic heterocycles. The van der Waals surface area contributed by atoms with Crippen LogP contribution in [-0.4, -0.2) is 68.6 Å². The van der Waals surface area contributed by atoms with E-state index in [0.717, 1.165) is 51.3 Å². The van der Waals surface area contributed by atoms with Gasteiger partial charge < -0.3 is 20.5 Å². The number of thiazole rings is 1. The number of hydrogen-bond acceptors (Lipinski definition) is 8. The number of anilines is 3. The number of benzene rings is 2. The molecule has 2 fully saturated rings. The summed E-state index contributed by atoms with van der Waals surface area (Å²) in [5.41, 5.74) is 11.6. The highest BCUT2D eigenvalue weighted by molar-refractivity contribution is 7.22. The van der Waals surface area contributed by atoms with Gasteiger partial charge in [0.05, 0.1) is 15.6 Å². The van der Waals surface area contributed by atoms with E-state index in [0.29, 0.717) is 17.9 Å². The highest BCUT2D eigenvalue weighted by Gasteiger charge is 2.30. The summed E-state index contributed by atoms with van der Waals surface area (Å²) in [6.45, 7) is 4.74. The van der Waals surface area contributed by atoms with E-state index >= 15 is 0 Å². The Bertz CT molecular complexity index is 1560. The lowest BCUT2D eigenvalue weighted by molar-refractivity contribution is 0.0828. The normalized spacial score (nSPS) is 21.1. The zero-order valence-electron chi connectivity index (χ0n) is 22.3. The molecule has 2 aromatic carbocycles. The molecule has 4 heterocycles. The maximum absolute atomic E-state index is 6.44. The quantitative estimate of drug-likeness (QED) is 0.294. The lowest BCUT2D eigenvalue weighted by Gasteiger charge is -2.41. The lowest BCUT2D eigenvalue weighted by atomic mass is 9.89. The summed E-state index contributed by atoms with van der Waals surface area (Å²) in [5.74, 6) is 0.538. The zero-order valence-corrected chi connectivity index (χ0v) is 23.1. The van der Waals surface area contributed by atoms with Gasteiger partial charge in [0.2, 0.25) is 0 Å². The number of nitrogen functional groups attached to an aromatic ring is 1. The van der Waals surface area contributed by atoms with Gasteiger partial charge in [-0.25, -0.2) is 15.0 Å². The van der Waals surface area contributed by atoms with E-state index in [-0.39, 0.29) is 0 Å². The van der Waals surface area contributed by atoms with Crippen LogP contribution in [0.3, 0.4) is 0 Å². The molecule has 0 unspecified atom stereocenters. The second-order valence-corrected chi connectivity index (χ2v) is 11.9. The smallest absolute Gasteiger partial charge is 0.188 e. The maximum Gasteiger partial charge on any atom is 0.188 e. The number of aromatic nitrogens is 4. The van der Waals surface area contributed by atoms with Gasteiger partial charge in [0.15, 0.2) is 5.13 Å². The SMILES string of the molecule is CN1CCN(C2CCC(n3cc(-c4ccc(Nc5nc6ccccc6s5)cc4)c4c(N)ncnc43)CC2)CC1. The number of nitrogens with one attached hydrogen (secondary N) is 1. The molecule has 0 amide bonds. The van der Waals surface area contributed by atoms with Crippen molar-refractivity contribution in [2.24, 2.45) is 0 Å². The van der Waals surface area contributed by atoms with Gasteiger partial charge in [0, 0.05) is 55.7 Å². The molecule has 7 rings (SSSR count). The van der Waals surface area contributed by atoms with Crippen LogP contribution in [0.2, 0.25) is 0 Å². The summed E-state index contributed by atoms with van der Waals surface area (Å²) in [7, 11) is 2.23. The fraction of sp³-hybridized carbons (Fsp3) is 0.367. The molecule has 200 valence electrons. The maximum atomic E-state index is 6.44. The van der Waals surface area contributed by atoms with Crippen LogP contribution < -0.4 is 11.1 Å². The first-order chi connectivity index (χ1) is 19.1. The van der Waals surface area contributed by atoms with E-state index in [2.05, 4.69) is 68.2 Å². The summed E-state index contributed by atoms with van der Waals surface area (Å²) in [4.78, 5) is 18.9. The minimum absolute atomic E-state index is 0.430. The molecule has 39 heavy (non-hydrogen) atoms. The van der Waals surface area contributed by atoms with Crippen LogP contribution in [0, 0.1) is 0 Å². The van der Waals surface area contributed by atoms with Crippen molar-refractivity contribution in [2.75, 3.05) is 44.3 Å². The van der Waals surface area contributed by atoms with Crippen molar-refractivity contribution in [3.63, 3.8) is 0 Å². The largest absolute Gasteiger partial charge is 0.383 e. The average Bonchev–Trinajstić information content (AvgIpc) is 3.56. The van der Waals surface area contributed by atoms with Crippen LogP contribution in [-0.2, 0) is 0 Å². The molecule has 0 atom stereocenters. The van der Waals surface area contributed by atoms with E-state index in [1.807, 2.05) is 18.2 Å². The predicted octanol–water partition coefficient (Wildman–Crippen LogP) is 5.76. The monoisotopic (exact) mass is 538 g/mol. The van der Waals surface area contributed by atoms with Crippen molar-refractivity contribution in [3.05, 3.63) is 61.1 Å². The topological polar surface area (TPSA) is 88.1 Å². The summed E-state index contributed by atoms with van der Waals surface area (Å²) in [6.07, 6.45) is 8.64. The molecule has 5 aromatic rings. The second-order valence-electron chi connectivity index (χ2n) is 10.9. The van der Waals surface area contributed by atoms with Crippen molar-refractivity contribution in [1.82, 2.24) is 29.3 Å². The van der Waals surface area contributed by atoms with E-state index in [1.54, 1.807) is 17.7 Å². The first-order valence-corrected chi connectivity index (χ1v) is 14.7. The summed E-state index contributed by atoms with van der Waals surface area (Å²) in [6, 6.07) is 17.8. The first kappa shape index (κ1) is 24.5. The highest BCUT2D eigenvalue weighted by Crippen LogP contribution is 2.39. The number of piperazine rings is 1. The van der Waals surface area contributed by atoms with E-state index in [4.69, 9.17) is 15.7 Å². The number of likely N-dealkylation sites (N-methyl/N-ethyl adjacent to an activating group) is 1. The Balaban J connectivity index is 1.12. The van der Waals surface area contributed by atoms with Crippen LogP contribution in [0.5, 0.6) is 0 Å². The van der Waals surface area contributed by atoms with E-state index < -0.39 is 0 Å². The van der Waals surface area contributed by atoms with Crippen LogP contribution in [0.25, 0.3) is 32.4 Å². The Morgan fingerprint density at radius 2 is 1.64 bits per heavy atom. The van der Waals surface area contributed by atoms with Gasteiger partial charge in [0.25, 0.3) is 0 Å². The Morgan fingerprint density at radius 1 is 0.897 bits per heavy atom. The van der Waals surface area contributed by atoms with Gasteiger partial charge in [-0.3, -0.25) is 4.90 Å². The lowest BCUT2D eigenvalue weighted by Crippen LogP contribution is -2.49. The fourth-order valence-corrected chi connectivity index (χ4v) is 7.16.